The fraction of sp³-hybridized carbons (Fsp3) is 0.400. The Balaban J connectivity index is 2.02. The number of nitrogens with zero attached hydrogens (tertiary/aromatic N) is 3. The highest BCUT2D eigenvalue weighted by atomic mass is 32.1. The third-order valence-electron chi connectivity index (χ3n) is 3.80. The molecule has 0 radical (unpaired) electrons. The van der Waals surface area contributed by atoms with E-state index in [9.17, 15) is 0 Å². The molecular weight excluding hydrogens is 270 g/mol. The van der Waals surface area contributed by atoms with E-state index in [0.717, 1.165) is 38.2 Å². The maximum absolute atomic E-state index is 5.88. The minimum Gasteiger partial charge on any atom is -0.370 e. The quantitative estimate of drug-likeness (QED) is 0.635. The summed E-state index contributed by atoms with van der Waals surface area (Å²) in [6, 6.07) is 2.19. The fourth-order valence-corrected chi connectivity index (χ4v) is 3.77. The molecule has 4 nitrogen and oxygen atoms in total. The molecule has 0 amide bonds. The molecule has 5 heteroatoms. The van der Waals surface area contributed by atoms with Crippen LogP contribution in [0.15, 0.2) is 12.4 Å². The normalized spacial score (nSPS) is 17.6. The van der Waals surface area contributed by atoms with Gasteiger partial charge in [0.15, 0.2) is 0 Å². The summed E-state index contributed by atoms with van der Waals surface area (Å²) in [5.74, 6) is 0. The van der Waals surface area contributed by atoms with Gasteiger partial charge in [-0.3, -0.25) is 0 Å². The smallest absolute Gasteiger partial charge is 0.126 e. The molecule has 0 N–H and O–H groups in total. The maximum atomic E-state index is 5.88. The van der Waals surface area contributed by atoms with E-state index in [4.69, 9.17) is 9.72 Å². The van der Waals surface area contributed by atoms with Crippen molar-refractivity contribution in [1.82, 2.24) is 15.0 Å². The second-order valence-corrected chi connectivity index (χ2v) is 6.91. The van der Waals surface area contributed by atoms with Crippen LogP contribution in [0.25, 0.3) is 20.4 Å². The Morgan fingerprint density at radius 2 is 2.15 bits per heavy atom. The van der Waals surface area contributed by atoms with Gasteiger partial charge in [0.2, 0.25) is 0 Å². The molecule has 3 aromatic heterocycles. The monoisotopic (exact) mass is 285 g/mol. The van der Waals surface area contributed by atoms with Crippen molar-refractivity contribution >= 4 is 31.8 Å². The Morgan fingerprint density at radius 1 is 1.30 bits per heavy atom. The van der Waals surface area contributed by atoms with Crippen molar-refractivity contribution < 1.29 is 4.74 Å². The molecule has 20 heavy (non-hydrogen) atoms. The average Bonchev–Trinajstić information content (AvgIpc) is 2.75. The lowest BCUT2D eigenvalue weighted by Gasteiger charge is -2.30. The van der Waals surface area contributed by atoms with Crippen LogP contribution in [0.2, 0.25) is 0 Å². The second kappa shape index (κ2) is 3.96. The zero-order chi connectivity index (χ0) is 13.9. The molecule has 1 aliphatic rings. The molecule has 102 valence electrons. The van der Waals surface area contributed by atoms with Gasteiger partial charge < -0.3 is 4.74 Å². The van der Waals surface area contributed by atoms with Gasteiger partial charge in [0.25, 0.3) is 0 Å². The number of aryl methyl sites for hydroxylation is 1. The Labute approximate surface area is 120 Å². The van der Waals surface area contributed by atoms with Gasteiger partial charge in [-0.15, -0.1) is 11.3 Å². The van der Waals surface area contributed by atoms with Crippen LogP contribution in [0.1, 0.15) is 30.8 Å². The van der Waals surface area contributed by atoms with E-state index in [2.05, 4.69) is 29.9 Å². The van der Waals surface area contributed by atoms with E-state index in [1.807, 2.05) is 6.92 Å². The molecule has 0 atom stereocenters. The van der Waals surface area contributed by atoms with E-state index in [0.29, 0.717) is 6.61 Å². The minimum atomic E-state index is -0.125. The molecule has 4 rings (SSSR count). The SMILES string of the molecule is Cc1ncnc2c1sc1nc3c(cc12)COC(C)(C)C3. The van der Waals surface area contributed by atoms with Crippen molar-refractivity contribution in [3.63, 3.8) is 0 Å². The van der Waals surface area contributed by atoms with Crippen LogP contribution in [0.4, 0.5) is 0 Å². The highest BCUT2D eigenvalue weighted by Crippen LogP contribution is 2.36. The number of pyridine rings is 1. The molecular formula is C15H15N3OS. The van der Waals surface area contributed by atoms with Crippen LogP contribution in [0.3, 0.4) is 0 Å². The minimum absolute atomic E-state index is 0.125. The van der Waals surface area contributed by atoms with Gasteiger partial charge in [0, 0.05) is 17.4 Å². The summed E-state index contributed by atoms with van der Waals surface area (Å²) >= 11 is 1.68. The van der Waals surface area contributed by atoms with Crippen LogP contribution < -0.4 is 0 Å². The largest absolute Gasteiger partial charge is 0.370 e. The van der Waals surface area contributed by atoms with Crippen molar-refractivity contribution in [2.75, 3.05) is 0 Å². The van der Waals surface area contributed by atoms with Crippen LogP contribution in [0.5, 0.6) is 0 Å². The number of fused-ring (bicyclic) bond motifs is 4. The molecule has 0 bridgehead atoms. The van der Waals surface area contributed by atoms with Gasteiger partial charge >= 0.3 is 0 Å². The summed E-state index contributed by atoms with van der Waals surface area (Å²) in [6.07, 6.45) is 2.49. The standard InChI is InChI=1S/C15H15N3OS/c1-8-13-12(17-7-16-8)10-4-9-6-19-15(2,3)5-11(9)18-14(10)20-13/h4,7H,5-6H2,1-3H3. The third-order valence-corrected chi connectivity index (χ3v) is 5.00. The van der Waals surface area contributed by atoms with Crippen molar-refractivity contribution in [2.24, 2.45) is 0 Å². The van der Waals surface area contributed by atoms with Gasteiger partial charge in [0.1, 0.15) is 11.2 Å². The van der Waals surface area contributed by atoms with E-state index in [-0.39, 0.29) is 5.60 Å². The second-order valence-electron chi connectivity index (χ2n) is 5.91. The Kier molecular flexibility index (Phi) is 2.41. The van der Waals surface area contributed by atoms with Crippen molar-refractivity contribution in [1.29, 1.82) is 0 Å². The van der Waals surface area contributed by atoms with Gasteiger partial charge in [-0.05, 0) is 26.8 Å². The molecule has 0 fully saturated rings. The van der Waals surface area contributed by atoms with Crippen LogP contribution in [0, 0.1) is 6.92 Å². The highest BCUT2D eigenvalue weighted by Gasteiger charge is 2.28. The lowest BCUT2D eigenvalue weighted by atomic mass is 9.95. The Bertz CT molecular complexity index is 838. The lowest BCUT2D eigenvalue weighted by molar-refractivity contribution is -0.0411. The van der Waals surface area contributed by atoms with Gasteiger partial charge in [-0.25, -0.2) is 15.0 Å². The van der Waals surface area contributed by atoms with Gasteiger partial charge in [0.05, 0.1) is 33.8 Å². The van der Waals surface area contributed by atoms with E-state index in [1.54, 1.807) is 17.7 Å². The summed E-state index contributed by atoms with van der Waals surface area (Å²) in [6.45, 7) is 6.88. The fourth-order valence-electron chi connectivity index (χ4n) is 2.70. The molecule has 0 unspecified atom stereocenters. The average molecular weight is 285 g/mol. The molecule has 1 aliphatic heterocycles. The predicted molar refractivity (Wildman–Crippen MR) is 80.0 cm³/mol. The molecule has 3 aromatic rings. The first-order valence-corrected chi connectivity index (χ1v) is 7.52. The Hall–Kier alpha value is -1.59. The van der Waals surface area contributed by atoms with Gasteiger partial charge in [-0.1, -0.05) is 0 Å². The zero-order valence-electron chi connectivity index (χ0n) is 11.7. The molecule has 0 saturated heterocycles. The summed E-state index contributed by atoms with van der Waals surface area (Å²) in [5, 5.41) is 1.12. The van der Waals surface area contributed by atoms with E-state index >= 15 is 0 Å². The topological polar surface area (TPSA) is 47.9 Å². The van der Waals surface area contributed by atoms with Crippen molar-refractivity contribution in [3.8, 4) is 0 Å². The van der Waals surface area contributed by atoms with Crippen LogP contribution >= 0.6 is 11.3 Å². The molecule has 4 heterocycles. The van der Waals surface area contributed by atoms with Crippen LogP contribution in [-0.4, -0.2) is 20.6 Å². The van der Waals surface area contributed by atoms with Gasteiger partial charge in [-0.2, -0.15) is 0 Å². The summed E-state index contributed by atoms with van der Waals surface area (Å²) in [7, 11) is 0. The molecule has 0 aromatic carbocycles. The van der Waals surface area contributed by atoms with E-state index < -0.39 is 0 Å². The molecule has 0 spiro atoms. The number of hydrogen-bond donors (Lipinski definition) is 0. The van der Waals surface area contributed by atoms with E-state index in [1.165, 1.54) is 5.56 Å². The number of rotatable bonds is 0. The predicted octanol–water partition coefficient (Wildman–Crippen LogP) is 3.40. The summed E-state index contributed by atoms with van der Waals surface area (Å²) in [4.78, 5) is 14.6. The first kappa shape index (κ1) is 12.2. The lowest BCUT2D eigenvalue weighted by Crippen LogP contribution is -2.32. The summed E-state index contributed by atoms with van der Waals surface area (Å²) in [5.41, 5.74) is 4.25. The van der Waals surface area contributed by atoms with Crippen LogP contribution in [-0.2, 0) is 17.8 Å². The number of hydrogen-bond acceptors (Lipinski definition) is 5. The van der Waals surface area contributed by atoms with Crippen molar-refractivity contribution in [3.05, 3.63) is 29.3 Å². The molecule has 0 aliphatic carbocycles. The van der Waals surface area contributed by atoms with Crippen molar-refractivity contribution in [2.45, 2.75) is 39.4 Å². The number of aromatic nitrogens is 3. The number of thiophene rings is 1. The summed E-state index contributed by atoms with van der Waals surface area (Å²) < 4.78 is 7.02. The highest BCUT2D eigenvalue weighted by molar-refractivity contribution is 7.25. The number of ether oxygens (including phenoxy) is 1. The Morgan fingerprint density at radius 3 is 3.00 bits per heavy atom. The molecule has 0 saturated carbocycles. The first-order valence-electron chi connectivity index (χ1n) is 6.70. The maximum Gasteiger partial charge on any atom is 0.126 e. The zero-order valence-corrected chi connectivity index (χ0v) is 12.5. The first-order chi connectivity index (χ1) is 9.53. The third kappa shape index (κ3) is 1.73.